The molecule has 0 aliphatic rings. The van der Waals surface area contributed by atoms with Gasteiger partial charge in [0.25, 0.3) is 0 Å². The SMILES string of the molecule is CC(C)S(=O)(=O)CC(=O)c1cc(F)ccc1F. The van der Waals surface area contributed by atoms with E-state index in [1.54, 1.807) is 0 Å². The van der Waals surface area contributed by atoms with Crippen LogP contribution < -0.4 is 0 Å². The van der Waals surface area contributed by atoms with E-state index < -0.39 is 43.8 Å². The van der Waals surface area contributed by atoms with E-state index in [1.165, 1.54) is 13.8 Å². The van der Waals surface area contributed by atoms with Crippen molar-refractivity contribution in [3.8, 4) is 0 Å². The molecule has 94 valence electrons. The lowest BCUT2D eigenvalue weighted by molar-refractivity contribution is 0.101. The van der Waals surface area contributed by atoms with Gasteiger partial charge in [-0.1, -0.05) is 0 Å². The van der Waals surface area contributed by atoms with Gasteiger partial charge in [0.05, 0.1) is 10.8 Å². The largest absolute Gasteiger partial charge is 0.293 e. The molecule has 3 nitrogen and oxygen atoms in total. The van der Waals surface area contributed by atoms with Crippen LogP contribution in [0.15, 0.2) is 18.2 Å². The van der Waals surface area contributed by atoms with Gasteiger partial charge in [-0.25, -0.2) is 17.2 Å². The summed E-state index contributed by atoms with van der Waals surface area (Å²) in [5, 5.41) is -0.733. The molecule has 1 rings (SSSR count). The zero-order valence-corrected chi connectivity index (χ0v) is 10.2. The number of hydrogen-bond acceptors (Lipinski definition) is 3. The molecule has 0 amide bonds. The van der Waals surface area contributed by atoms with E-state index in [9.17, 15) is 22.0 Å². The smallest absolute Gasteiger partial charge is 0.180 e. The third kappa shape index (κ3) is 3.33. The van der Waals surface area contributed by atoms with Crippen molar-refractivity contribution in [2.45, 2.75) is 19.1 Å². The van der Waals surface area contributed by atoms with Crippen LogP contribution in [0.25, 0.3) is 0 Å². The molecule has 0 heterocycles. The summed E-state index contributed by atoms with van der Waals surface area (Å²) in [6.07, 6.45) is 0. The standard InChI is InChI=1S/C11H12F2O3S/c1-7(2)17(15,16)6-11(14)9-5-8(12)3-4-10(9)13/h3-5,7H,6H2,1-2H3. The van der Waals surface area contributed by atoms with Crippen LogP contribution in [0.2, 0.25) is 0 Å². The fourth-order valence-electron chi connectivity index (χ4n) is 1.14. The summed E-state index contributed by atoms with van der Waals surface area (Å²) >= 11 is 0. The average Bonchev–Trinajstić information content (AvgIpc) is 2.20. The van der Waals surface area contributed by atoms with Crippen LogP contribution in [-0.4, -0.2) is 25.2 Å². The topological polar surface area (TPSA) is 51.2 Å². The Balaban J connectivity index is 3.03. The van der Waals surface area contributed by atoms with E-state index >= 15 is 0 Å². The summed E-state index contributed by atoms with van der Waals surface area (Å²) in [5.41, 5.74) is -0.533. The Kier molecular flexibility index (Phi) is 3.98. The highest BCUT2D eigenvalue weighted by atomic mass is 32.2. The Hall–Kier alpha value is -1.30. The number of Topliss-reactive ketones (excluding diaryl/α,β-unsaturated/α-hetero) is 1. The first-order valence-corrected chi connectivity index (χ1v) is 6.65. The molecule has 0 radical (unpaired) electrons. The van der Waals surface area contributed by atoms with E-state index in [1.807, 2.05) is 0 Å². The van der Waals surface area contributed by atoms with Gasteiger partial charge in [0.15, 0.2) is 15.6 Å². The minimum Gasteiger partial charge on any atom is -0.293 e. The minimum atomic E-state index is -3.61. The molecular weight excluding hydrogens is 250 g/mol. The zero-order chi connectivity index (χ0) is 13.2. The molecule has 0 saturated carbocycles. The number of hydrogen-bond donors (Lipinski definition) is 0. The third-order valence-corrected chi connectivity index (χ3v) is 4.38. The van der Waals surface area contributed by atoms with Crippen LogP contribution in [0.3, 0.4) is 0 Å². The molecule has 0 N–H and O–H groups in total. The number of ketones is 1. The van der Waals surface area contributed by atoms with Crippen LogP contribution in [0.5, 0.6) is 0 Å². The minimum absolute atomic E-state index is 0.533. The Bertz CT molecular complexity index is 536. The van der Waals surface area contributed by atoms with Gasteiger partial charge in [0, 0.05) is 0 Å². The van der Waals surface area contributed by atoms with Crippen LogP contribution >= 0.6 is 0 Å². The van der Waals surface area contributed by atoms with Crippen molar-refractivity contribution in [1.29, 1.82) is 0 Å². The van der Waals surface area contributed by atoms with Crippen molar-refractivity contribution < 1.29 is 22.0 Å². The fraction of sp³-hybridized carbons (Fsp3) is 0.364. The summed E-state index contributed by atoms with van der Waals surface area (Å²) < 4.78 is 49.0. The van der Waals surface area contributed by atoms with E-state index in [4.69, 9.17) is 0 Å². The first-order valence-electron chi connectivity index (χ1n) is 4.94. The van der Waals surface area contributed by atoms with E-state index in [-0.39, 0.29) is 0 Å². The van der Waals surface area contributed by atoms with Gasteiger partial charge in [0.2, 0.25) is 0 Å². The van der Waals surface area contributed by atoms with Crippen molar-refractivity contribution in [3.63, 3.8) is 0 Å². The molecule has 0 fully saturated rings. The molecule has 0 aliphatic carbocycles. The highest BCUT2D eigenvalue weighted by Gasteiger charge is 2.23. The van der Waals surface area contributed by atoms with Crippen molar-refractivity contribution in [2.24, 2.45) is 0 Å². The second-order valence-corrected chi connectivity index (χ2v) is 6.46. The van der Waals surface area contributed by atoms with Crippen LogP contribution in [0.4, 0.5) is 8.78 Å². The van der Waals surface area contributed by atoms with Gasteiger partial charge in [-0.15, -0.1) is 0 Å². The second kappa shape index (κ2) is 4.91. The summed E-state index contributed by atoms with van der Waals surface area (Å²) in [5.74, 6) is -3.45. The number of halogens is 2. The normalized spacial score (nSPS) is 11.8. The van der Waals surface area contributed by atoms with Gasteiger partial charge < -0.3 is 0 Å². The van der Waals surface area contributed by atoms with Gasteiger partial charge in [-0.05, 0) is 32.0 Å². The maximum absolute atomic E-state index is 13.2. The first-order chi connectivity index (χ1) is 7.74. The molecule has 1 aromatic rings. The highest BCUT2D eigenvalue weighted by molar-refractivity contribution is 7.92. The van der Waals surface area contributed by atoms with Crippen molar-refractivity contribution >= 4 is 15.6 Å². The van der Waals surface area contributed by atoms with Gasteiger partial charge in [0.1, 0.15) is 17.4 Å². The van der Waals surface area contributed by atoms with Crippen molar-refractivity contribution in [1.82, 2.24) is 0 Å². The Morgan fingerprint density at radius 2 is 1.88 bits per heavy atom. The number of rotatable bonds is 4. The molecule has 0 spiro atoms. The Morgan fingerprint density at radius 3 is 2.41 bits per heavy atom. The molecule has 1 aromatic carbocycles. The maximum Gasteiger partial charge on any atom is 0.180 e. The molecule has 0 unspecified atom stereocenters. The monoisotopic (exact) mass is 262 g/mol. The molecule has 0 saturated heterocycles. The third-order valence-electron chi connectivity index (χ3n) is 2.28. The molecular formula is C11H12F2O3S. The van der Waals surface area contributed by atoms with E-state index in [0.29, 0.717) is 6.07 Å². The Morgan fingerprint density at radius 1 is 1.29 bits per heavy atom. The molecule has 0 bridgehead atoms. The summed E-state index contributed by atoms with van der Waals surface area (Å²) in [6.45, 7) is 2.84. The quantitative estimate of drug-likeness (QED) is 0.779. The van der Waals surface area contributed by atoms with Gasteiger partial charge >= 0.3 is 0 Å². The van der Waals surface area contributed by atoms with Crippen LogP contribution in [0.1, 0.15) is 24.2 Å². The summed E-state index contributed by atoms with van der Waals surface area (Å²) in [7, 11) is -3.61. The zero-order valence-electron chi connectivity index (χ0n) is 9.41. The molecule has 17 heavy (non-hydrogen) atoms. The Labute approximate surface area is 98.4 Å². The van der Waals surface area contributed by atoms with Crippen LogP contribution in [0, 0.1) is 11.6 Å². The van der Waals surface area contributed by atoms with Crippen molar-refractivity contribution in [3.05, 3.63) is 35.4 Å². The van der Waals surface area contributed by atoms with E-state index in [0.717, 1.165) is 12.1 Å². The van der Waals surface area contributed by atoms with Gasteiger partial charge in [-0.2, -0.15) is 0 Å². The molecule has 0 atom stereocenters. The summed E-state index contributed by atoms with van der Waals surface area (Å²) in [4.78, 5) is 11.6. The molecule has 0 aromatic heterocycles. The maximum atomic E-state index is 13.2. The molecule has 6 heteroatoms. The molecule has 0 aliphatic heterocycles. The van der Waals surface area contributed by atoms with E-state index in [2.05, 4.69) is 0 Å². The fourth-order valence-corrected chi connectivity index (χ4v) is 1.99. The lowest BCUT2D eigenvalue weighted by Crippen LogP contribution is -2.24. The predicted molar refractivity (Wildman–Crippen MR) is 59.6 cm³/mol. The number of benzene rings is 1. The lowest BCUT2D eigenvalue weighted by atomic mass is 10.1. The first kappa shape index (κ1) is 13.8. The summed E-state index contributed by atoms with van der Waals surface area (Å²) in [6, 6.07) is 2.36. The highest BCUT2D eigenvalue weighted by Crippen LogP contribution is 2.12. The predicted octanol–water partition coefficient (Wildman–Crippen LogP) is 1.97. The van der Waals surface area contributed by atoms with Gasteiger partial charge in [-0.3, -0.25) is 4.79 Å². The number of carbonyl (C=O) groups excluding carboxylic acids is 1. The van der Waals surface area contributed by atoms with Crippen LogP contribution in [-0.2, 0) is 9.84 Å². The number of sulfone groups is 1. The van der Waals surface area contributed by atoms with Crippen molar-refractivity contribution in [2.75, 3.05) is 5.75 Å². The number of carbonyl (C=O) groups is 1. The average molecular weight is 262 g/mol. The lowest BCUT2D eigenvalue weighted by Gasteiger charge is -2.07. The second-order valence-electron chi connectivity index (χ2n) is 3.90.